The molecule has 7 heteroatoms. The molecule has 0 saturated carbocycles. The van der Waals surface area contributed by atoms with Crippen molar-refractivity contribution in [3.05, 3.63) is 12.4 Å². The number of anilines is 1. The first-order chi connectivity index (χ1) is 10.3. The number of carbonyl (C=O) groups is 1. The van der Waals surface area contributed by atoms with E-state index >= 15 is 0 Å². The van der Waals surface area contributed by atoms with Crippen molar-refractivity contribution < 1.29 is 9.90 Å². The van der Waals surface area contributed by atoms with Crippen LogP contribution in [0.25, 0.3) is 0 Å². The Morgan fingerprint density at radius 3 is 2.91 bits per heavy atom. The van der Waals surface area contributed by atoms with Crippen molar-refractivity contribution in [1.82, 2.24) is 19.6 Å². The summed E-state index contributed by atoms with van der Waals surface area (Å²) in [5, 5.41) is 17.3. The third kappa shape index (κ3) is 4.20. The highest BCUT2D eigenvalue weighted by atomic mass is 16.3. The third-order valence-corrected chi connectivity index (χ3v) is 3.99. The summed E-state index contributed by atoms with van der Waals surface area (Å²) in [6, 6.07) is -0.312. The number of hydrogen-bond donors (Lipinski definition) is 2. The van der Waals surface area contributed by atoms with Crippen LogP contribution in [0.1, 0.15) is 26.7 Å². The van der Waals surface area contributed by atoms with Gasteiger partial charge in [-0.05, 0) is 40.8 Å². The molecule has 1 aliphatic rings. The molecule has 124 valence electrons. The molecule has 7 nitrogen and oxygen atoms in total. The maximum absolute atomic E-state index is 12.4. The summed E-state index contributed by atoms with van der Waals surface area (Å²) in [6.45, 7) is 5.85. The molecule has 2 N–H and O–H groups in total. The van der Waals surface area contributed by atoms with Gasteiger partial charge < -0.3 is 20.2 Å². The summed E-state index contributed by atoms with van der Waals surface area (Å²) >= 11 is 0. The largest absolute Gasteiger partial charge is 0.388 e. The molecule has 1 saturated heterocycles. The standard InChI is InChI=1S/C15H27N5O2/c1-15(2,22)13-6-5-7-20(13)14(21)17-12-10-16-19(11-12)9-8-18(3)4/h10-11,13,22H,5-9H2,1-4H3,(H,17,21)/t13-/m1/s1. The summed E-state index contributed by atoms with van der Waals surface area (Å²) < 4.78 is 1.81. The summed E-state index contributed by atoms with van der Waals surface area (Å²) in [5.74, 6) is 0. The van der Waals surface area contributed by atoms with Gasteiger partial charge in [-0.25, -0.2) is 4.79 Å². The average molecular weight is 309 g/mol. The van der Waals surface area contributed by atoms with Crippen LogP contribution in [0.4, 0.5) is 10.5 Å². The van der Waals surface area contributed by atoms with Crippen molar-refractivity contribution in [2.45, 2.75) is 44.9 Å². The number of hydrogen-bond acceptors (Lipinski definition) is 4. The van der Waals surface area contributed by atoms with E-state index in [2.05, 4.69) is 15.3 Å². The lowest BCUT2D eigenvalue weighted by Gasteiger charge is -2.33. The second-order valence-electron chi connectivity index (χ2n) is 6.73. The quantitative estimate of drug-likeness (QED) is 0.857. The fraction of sp³-hybridized carbons (Fsp3) is 0.733. The van der Waals surface area contributed by atoms with Crippen LogP contribution in [-0.2, 0) is 6.54 Å². The molecule has 0 bridgehead atoms. The first-order valence-electron chi connectivity index (χ1n) is 7.74. The number of rotatable bonds is 5. The number of likely N-dealkylation sites (tertiary alicyclic amines) is 1. The molecule has 1 fully saturated rings. The molecule has 2 rings (SSSR count). The second-order valence-corrected chi connectivity index (χ2v) is 6.73. The van der Waals surface area contributed by atoms with E-state index in [4.69, 9.17) is 0 Å². The highest BCUT2D eigenvalue weighted by Gasteiger charge is 2.38. The third-order valence-electron chi connectivity index (χ3n) is 3.99. The zero-order valence-electron chi connectivity index (χ0n) is 13.9. The Morgan fingerprint density at radius 2 is 2.27 bits per heavy atom. The minimum atomic E-state index is -0.885. The molecular weight excluding hydrogens is 282 g/mol. The van der Waals surface area contributed by atoms with Crippen LogP contribution < -0.4 is 5.32 Å². The maximum atomic E-state index is 12.4. The molecule has 0 radical (unpaired) electrons. The number of aromatic nitrogens is 2. The van der Waals surface area contributed by atoms with E-state index in [0.717, 1.165) is 25.9 Å². The lowest BCUT2D eigenvalue weighted by molar-refractivity contribution is 0.0117. The minimum Gasteiger partial charge on any atom is -0.388 e. The smallest absolute Gasteiger partial charge is 0.322 e. The Morgan fingerprint density at radius 1 is 1.55 bits per heavy atom. The van der Waals surface area contributed by atoms with Crippen molar-refractivity contribution in [2.24, 2.45) is 0 Å². The molecule has 1 aromatic heterocycles. The van der Waals surface area contributed by atoms with Crippen LogP contribution >= 0.6 is 0 Å². The predicted octanol–water partition coefficient (Wildman–Crippen LogP) is 1.21. The highest BCUT2D eigenvalue weighted by Crippen LogP contribution is 2.27. The molecule has 0 aliphatic carbocycles. The maximum Gasteiger partial charge on any atom is 0.322 e. The summed E-state index contributed by atoms with van der Waals surface area (Å²) in [7, 11) is 4.02. The van der Waals surface area contributed by atoms with E-state index in [1.54, 1.807) is 24.9 Å². The van der Waals surface area contributed by atoms with Gasteiger partial charge in [0.15, 0.2) is 0 Å². The van der Waals surface area contributed by atoms with Crippen molar-refractivity contribution >= 4 is 11.7 Å². The molecule has 2 heterocycles. The van der Waals surface area contributed by atoms with E-state index in [1.165, 1.54) is 0 Å². The van der Waals surface area contributed by atoms with Gasteiger partial charge in [0, 0.05) is 19.3 Å². The molecule has 22 heavy (non-hydrogen) atoms. The van der Waals surface area contributed by atoms with Crippen LogP contribution in [0, 0.1) is 0 Å². The predicted molar refractivity (Wildman–Crippen MR) is 85.8 cm³/mol. The van der Waals surface area contributed by atoms with Crippen LogP contribution in [0.5, 0.6) is 0 Å². The molecule has 0 spiro atoms. The van der Waals surface area contributed by atoms with Gasteiger partial charge in [-0.15, -0.1) is 0 Å². The Kier molecular flexibility index (Phi) is 5.08. The van der Waals surface area contributed by atoms with E-state index in [-0.39, 0.29) is 12.1 Å². The van der Waals surface area contributed by atoms with Gasteiger partial charge in [0.2, 0.25) is 0 Å². The molecule has 1 aromatic rings. The Balaban J connectivity index is 1.94. The average Bonchev–Trinajstić information content (AvgIpc) is 3.04. The first kappa shape index (κ1) is 16.8. The molecule has 1 atom stereocenters. The lowest BCUT2D eigenvalue weighted by atomic mass is 9.97. The Hall–Kier alpha value is -1.60. The van der Waals surface area contributed by atoms with Crippen LogP contribution in [0.2, 0.25) is 0 Å². The van der Waals surface area contributed by atoms with Crippen molar-refractivity contribution in [3.8, 4) is 0 Å². The molecule has 1 aliphatic heterocycles. The van der Waals surface area contributed by atoms with Crippen molar-refractivity contribution in [2.75, 3.05) is 32.5 Å². The summed E-state index contributed by atoms with van der Waals surface area (Å²) in [5.41, 5.74) is -0.200. The van der Waals surface area contributed by atoms with Crippen LogP contribution in [-0.4, -0.2) is 69.5 Å². The minimum absolute atomic E-state index is 0.142. The number of amides is 2. The highest BCUT2D eigenvalue weighted by molar-refractivity contribution is 5.89. The number of nitrogens with zero attached hydrogens (tertiary/aromatic N) is 4. The van der Waals surface area contributed by atoms with E-state index in [9.17, 15) is 9.90 Å². The van der Waals surface area contributed by atoms with Gasteiger partial charge in [-0.3, -0.25) is 4.68 Å². The zero-order valence-corrected chi connectivity index (χ0v) is 13.9. The van der Waals surface area contributed by atoms with Crippen molar-refractivity contribution in [3.63, 3.8) is 0 Å². The Bertz CT molecular complexity index is 506. The van der Waals surface area contributed by atoms with Gasteiger partial charge in [-0.2, -0.15) is 5.10 Å². The van der Waals surface area contributed by atoms with E-state index < -0.39 is 5.60 Å². The molecule has 0 unspecified atom stereocenters. The van der Waals surface area contributed by atoms with Gasteiger partial charge in [0.05, 0.1) is 30.1 Å². The normalized spacial score (nSPS) is 19.0. The number of nitrogens with one attached hydrogen (secondary N) is 1. The number of aliphatic hydroxyl groups is 1. The number of urea groups is 1. The number of carbonyl (C=O) groups excluding carboxylic acids is 1. The summed E-state index contributed by atoms with van der Waals surface area (Å²) in [6.07, 6.45) is 5.24. The number of likely N-dealkylation sites (N-methyl/N-ethyl adjacent to an activating group) is 1. The van der Waals surface area contributed by atoms with Crippen molar-refractivity contribution in [1.29, 1.82) is 0 Å². The molecular formula is C15H27N5O2. The summed E-state index contributed by atoms with van der Waals surface area (Å²) in [4.78, 5) is 16.2. The van der Waals surface area contributed by atoms with E-state index in [1.807, 2.05) is 25.0 Å². The van der Waals surface area contributed by atoms with Gasteiger partial charge in [-0.1, -0.05) is 0 Å². The van der Waals surface area contributed by atoms with Crippen LogP contribution in [0.15, 0.2) is 12.4 Å². The first-order valence-corrected chi connectivity index (χ1v) is 7.74. The Labute approximate surface area is 131 Å². The lowest BCUT2D eigenvalue weighted by Crippen LogP contribution is -2.49. The van der Waals surface area contributed by atoms with Crippen LogP contribution in [0.3, 0.4) is 0 Å². The zero-order chi connectivity index (χ0) is 16.3. The topological polar surface area (TPSA) is 73.6 Å². The fourth-order valence-corrected chi connectivity index (χ4v) is 2.79. The fourth-order valence-electron chi connectivity index (χ4n) is 2.79. The SMILES string of the molecule is CN(C)CCn1cc(NC(=O)N2CCC[C@@H]2C(C)(C)O)cn1. The monoisotopic (exact) mass is 309 g/mol. The van der Waals surface area contributed by atoms with Gasteiger partial charge >= 0.3 is 6.03 Å². The molecule has 0 aromatic carbocycles. The van der Waals surface area contributed by atoms with Gasteiger partial charge in [0.25, 0.3) is 0 Å². The van der Waals surface area contributed by atoms with Gasteiger partial charge in [0.1, 0.15) is 0 Å². The van der Waals surface area contributed by atoms with E-state index in [0.29, 0.717) is 12.2 Å². The molecule has 2 amide bonds. The second kappa shape index (κ2) is 6.66.